The van der Waals surface area contributed by atoms with Gasteiger partial charge in [0.15, 0.2) is 5.69 Å². The predicted octanol–water partition coefficient (Wildman–Crippen LogP) is 1.77. The lowest BCUT2D eigenvalue weighted by Crippen LogP contribution is -2.41. The zero-order valence-electron chi connectivity index (χ0n) is 14.0. The quantitative estimate of drug-likeness (QED) is 0.775. The molecule has 1 fully saturated rings. The molecule has 1 atom stereocenters. The molecule has 25 heavy (non-hydrogen) atoms. The molecule has 0 N–H and O–H groups in total. The highest BCUT2D eigenvalue weighted by molar-refractivity contribution is 5.95. The Labute approximate surface area is 145 Å². The van der Waals surface area contributed by atoms with Crippen molar-refractivity contribution in [1.82, 2.24) is 19.9 Å². The second kappa shape index (κ2) is 7.74. The number of rotatable bonds is 5. The first-order valence-electron chi connectivity index (χ1n) is 8.19. The minimum absolute atomic E-state index is 0.240. The molecule has 0 unspecified atom stereocenters. The van der Waals surface area contributed by atoms with E-state index in [2.05, 4.69) is 10.3 Å². The molecule has 1 amide bonds. The maximum atomic E-state index is 12.6. The first-order valence-corrected chi connectivity index (χ1v) is 8.19. The summed E-state index contributed by atoms with van der Waals surface area (Å²) in [5.41, 5.74) is 1.33. The number of hydrogen-bond donors (Lipinski definition) is 0. The summed E-state index contributed by atoms with van der Waals surface area (Å²) >= 11 is 0. The highest BCUT2D eigenvalue weighted by atomic mass is 16.5. The molecule has 7 heteroatoms. The molecule has 1 saturated heterocycles. The van der Waals surface area contributed by atoms with Crippen molar-refractivity contribution >= 4 is 18.0 Å². The number of amides is 1. The highest BCUT2D eigenvalue weighted by Gasteiger charge is 2.36. The summed E-state index contributed by atoms with van der Waals surface area (Å²) in [7, 11) is 1.33. The number of benzene rings is 1. The van der Waals surface area contributed by atoms with Gasteiger partial charge in [-0.05, 0) is 18.4 Å². The fraction of sp³-hybridized carbons (Fsp3) is 0.333. The zero-order valence-corrected chi connectivity index (χ0v) is 14.0. The van der Waals surface area contributed by atoms with Crippen molar-refractivity contribution in [3.8, 4) is 0 Å². The van der Waals surface area contributed by atoms with Crippen molar-refractivity contribution in [2.45, 2.75) is 25.4 Å². The van der Waals surface area contributed by atoms with Gasteiger partial charge in [0.1, 0.15) is 6.04 Å². The molecule has 0 spiro atoms. The fourth-order valence-corrected chi connectivity index (χ4v) is 2.88. The number of aromatic nitrogens is 3. The molecule has 0 radical (unpaired) electrons. The highest BCUT2D eigenvalue weighted by Crippen LogP contribution is 2.20. The van der Waals surface area contributed by atoms with Crippen molar-refractivity contribution < 1.29 is 14.3 Å². The normalized spacial score (nSPS) is 17.2. The number of hydrogen-bond acceptors (Lipinski definition) is 5. The van der Waals surface area contributed by atoms with Gasteiger partial charge >= 0.3 is 5.97 Å². The molecule has 130 valence electrons. The van der Waals surface area contributed by atoms with Gasteiger partial charge in [-0.3, -0.25) is 4.79 Å². The van der Waals surface area contributed by atoms with Gasteiger partial charge in [-0.15, -0.1) is 5.10 Å². The summed E-state index contributed by atoms with van der Waals surface area (Å²) in [4.78, 5) is 25.9. The van der Waals surface area contributed by atoms with Gasteiger partial charge in [-0.2, -0.15) is 0 Å². The lowest BCUT2D eigenvalue weighted by Gasteiger charge is -2.21. The number of esters is 1. The van der Waals surface area contributed by atoms with Crippen LogP contribution in [-0.4, -0.2) is 51.5 Å². The lowest BCUT2D eigenvalue weighted by molar-refractivity contribution is -0.145. The maximum absolute atomic E-state index is 12.6. The molecule has 1 aromatic heterocycles. The Morgan fingerprint density at radius 3 is 2.88 bits per heavy atom. The Kier molecular flexibility index (Phi) is 5.23. The number of nitrogens with zero attached hydrogens (tertiary/aromatic N) is 4. The Morgan fingerprint density at radius 2 is 2.12 bits per heavy atom. The molecule has 3 rings (SSSR count). The van der Waals surface area contributed by atoms with Crippen LogP contribution in [0.15, 0.2) is 42.6 Å². The molecular weight excluding hydrogens is 320 g/mol. The lowest BCUT2D eigenvalue weighted by atomic mass is 10.2. The van der Waals surface area contributed by atoms with Gasteiger partial charge in [-0.1, -0.05) is 47.7 Å². The molecular formula is C18H20N4O3. The largest absolute Gasteiger partial charge is 0.467 e. The Hall–Kier alpha value is -2.96. The number of likely N-dealkylation sites (tertiary alicyclic amines) is 1. The Bertz CT molecular complexity index is 770. The van der Waals surface area contributed by atoms with Crippen LogP contribution in [0.1, 0.15) is 28.9 Å². The summed E-state index contributed by atoms with van der Waals surface area (Å²) in [6.45, 7) is 1.04. The third-order valence-corrected chi connectivity index (χ3v) is 4.15. The van der Waals surface area contributed by atoms with Crippen LogP contribution in [0.2, 0.25) is 0 Å². The molecule has 1 aromatic carbocycles. The zero-order chi connectivity index (χ0) is 17.6. The average molecular weight is 340 g/mol. The van der Waals surface area contributed by atoms with E-state index >= 15 is 0 Å². The predicted molar refractivity (Wildman–Crippen MR) is 91.6 cm³/mol. The van der Waals surface area contributed by atoms with Gasteiger partial charge in [0.2, 0.25) is 0 Å². The van der Waals surface area contributed by atoms with Crippen molar-refractivity contribution in [1.29, 1.82) is 0 Å². The summed E-state index contributed by atoms with van der Waals surface area (Å²) < 4.78 is 6.36. The van der Waals surface area contributed by atoms with Crippen molar-refractivity contribution in [2.75, 3.05) is 13.7 Å². The first-order chi connectivity index (χ1) is 12.2. The standard InChI is InChI=1S/C18H20N4O3/c1-25-18(24)16-10-6-12-22(16)17(23)15-13-21(20-19-15)11-5-9-14-7-3-2-4-8-14/h2-5,7-9,13,16H,6,10-12H2,1H3/t16-/m0/s1. The number of ether oxygens (including phenoxy) is 1. The van der Waals surface area contributed by atoms with E-state index in [0.717, 1.165) is 12.0 Å². The number of carbonyl (C=O) groups is 2. The minimum Gasteiger partial charge on any atom is -0.467 e. The van der Waals surface area contributed by atoms with Crippen LogP contribution >= 0.6 is 0 Å². The van der Waals surface area contributed by atoms with E-state index < -0.39 is 6.04 Å². The van der Waals surface area contributed by atoms with Crippen LogP contribution in [0.4, 0.5) is 0 Å². The molecule has 2 aromatic rings. The van der Waals surface area contributed by atoms with Crippen LogP contribution in [0.25, 0.3) is 6.08 Å². The van der Waals surface area contributed by atoms with E-state index in [1.807, 2.05) is 42.5 Å². The Balaban J connectivity index is 1.63. The first kappa shape index (κ1) is 16.9. The van der Waals surface area contributed by atoms with Crippen LogP contribution < -0.4 is 0 Å². The van der Waals surface area contributed by atoms with Crippen molar-refractivity contribution in [2.24, 2.45) is 0 Å². The summed E-state index contributed by atoms with van der Waals surface area (Å²) in [6, 6.07) is 9.40. The van der Waals surface area contributed by atoms with E-state index in [-0.39, 0.29) is 17.6 Å². The van der Waals surface area contributed by atoms with Crippen LogP contribution in [0.5, 0.6) is 0 Å². The van der Waals surface area contributed by atoms with Crippen molar-refractivity contribution in [3.63, 3.8) is 0 Å². The van der Waals surface area contributed by atoms with E-state index in [1.54, 1.807) is 10.9 Å². The molecule has 0 bridgehead atoms. The van der Waals surface area contributed by atoms with Gasteiger partial charge < -0.3 is 9.64 Å². The summed E-state index contributed by atoms with van der Waals surface area (Å²) in [5.74, 6) is -0.671. The molecule has 1 aliphatic heterocycles. The van der Waals surface area contributed by atoms with E-state index in [9.17, 15) is 9.59 Å². The molecule has 1 aliphatic rings. The minimum atomic E-state index is -0.527. The monoisotopic (exact) mass is 340 g/mol. The Morgan fingerprint density at radius 1 is 1.32 bits per heavy atom. The third-order valence-electron chi connectivity index (χ3n) is 4.15. The number of methoxy groups -OCH3 is 1. The van der Waals surface area contributed by atoms with Gasteiger partial charge in [0, 0.05) is 6.54 Å². The second-order valence-corrected chi connectivity index (χ2v) is 5.82. The van der Waals surface area contributed by atoms with Gasteiger partial charge in [-0.25, -0.2) is 9.48 Å². The molecule has 2 heterocycles. The SMILES string of the molecule is COC(=O)[C@@H]1CCCN1C(=O)c1cn(CC=Cc2ccccc2)nn1. The second-order valence-electron chi connectivity index (χ2n) is 5.82. The van der Waals surface area contributed by atoms with E-state index in [0.29, 0.717) is 19.5 Å². The third kappa shape index (κ3) is 3.93. The molecule has 7 nitrogen and oxygen atoms in total. The molecule has 0 saturated carbocycles. The van der Waals surface area contributed by atoms with Crippen LogP contribution in [0, 0.1) is 0 Å². The number of carbonyl (C=O) groups excluding carboxylic acids is 2. The van der Waals surface area contributed by atoms with Crippen LogP contribution in [0.3, 0.4) is 0 Å². The maximum Gasteiger partial charge on any atom is 0.328 e. The number of allylic oxidation sites excluding steroid dienone is 1. The molecule has 0 aliphatic carbocycles. The fourth-order valence-electron chi connectivity index (χ4n) is 2.88. The topological polar surface area (TPSA) is 77.3 Å². The van der Waals surface area contributed by atoms with E-state index in [4.69, 9.17) is 4.74 Å². The van der Waals surface area contributed by atoms with Gasteiger partial charge in [0.25, 0.3) is 5.91 Å². The summed E-state index contributed by atoms with van der Waals surface area (Å²) in [5, 5.41) is 7.92. The summed E-state index contributed by atoms with van der Waals surface area (Å²) in [6.07, 6.45) is 6.93. The van der Waals surface area contributed by atoms with Crippen molar-refractivity contribution in [3.05, 3.63) is 53.9 Å². The smallest absolute Gasteiger partial charge is 0.328 e. The van der Waals surface area contributed by atoms with Crippen LogP contribution in [-0.2, 0) is 16.1 Å². The van der Waals surface area contributed by atoms with E-state index in [1.165, 1.54) is 12.0 Å². The average Bonchev–Trinajstić information content (AvgIpc) is 3.31. The van der Waals surface area contributed by atoms with Gasteiger partial charge in [0.05, 0.1) is 19.9 Å².